The molecule has 12 nitrogen and oxygen atoms in total. The minimum Gasteiger partial charge on any atom is -0.453 e. The van der Waals surface area contributed by atoms with Crippen LogP contribution in [-0.2, 0) is 22.6 Å². The Balaban J connectivity index is 1.83. The van der Waals surface area contributed by atoms with Crippen LogP contribution in [0.2, 0.25) is 0 Å². The van der Waals surface area contributed by atoms with Gasteiger partial charge in [0.25, 0.3) is 0 Å². The van der Waals surface area contributed by atoms with Gasteiger partial charge < -0.3 is 31.6 Å². The Morgan fingerprint density at radius 3 is 1.38 bits per heavy atom. The van der Waals surface area contributed by atoms with Crippen LogP contribution in [0.3, 0.4) is 0 Å². The molecule has 4 aromatic rings. The zero-order valence-corrected chi connectivity index (χ0v) is 22.6. The molecule has 4 rings (SSSR count). The third-order valence-corrected chi connectivity index (χ3v) is 5.98. The number of halogens is 2. The van der Waals surface area contributed by atoms with Crippen LogP contribution in [0.4, 0.5) is 53.0 Å². The van der Waals surface area contributed by atoms with Crippen molar-refractivity contribution in [2.45, 2.75) is 13.1 Å². The highest BCUT2D eigenvalue weighted by Gasteiger charge is 2.20. The lowest BCUT2D eigenvalue weighted by Crippen LogP contribution is -2.16. The first-order valence-electron chi connectivity index (χ1n) is 12.4. The van der Waals surface area contributed by atoms with Crippen molar-refractivity contribution in [1.29, 1.82) is 0 Å². The molecule has 14 heteroatoms. The van der Waals surface area contributed by atoms with E-state index >= 15 is 0 Å². The van der Waals surface area contributed by atoms with Crippen molar-refractivity contribution in [2.75, 3.05) is 47.0 Å². The number of nitrogens with one attached hydrogen (secondary N) is 4. The first-order chi connectivity index (χ1) is 20.2. The predicted octanol–water partition coefficient (Wildman–Crippen LogP) is 5.17. The molecule has 0 aliphatic heterocycles. The summed E-state index contributed by atoms with van der Waals surface area (Å²) in [5.41, 5.74) is 14.9. The van der Waals surface area contributed by atoms with Crippen LogP contribution in [0.1, 0.15) is 11.1 Å². The normalized spacial score (nSPS) is 10.5. The maximum absolute atomic E-state index is 13.4. The van der Waals surface area contributed by atoms with Gasteiger partial charge in [0, 0.05) is 24.2 Å². The monoisotopic (exact) mass is 578 g/mol. The van der Waals surface area contributed by atoms with Crippen molar-refractivity contribution in [3.05, 3.63) is 83.4 Å². The summed E-state index contributed by atoms with van der Waals surface area (Å²) in [5, 5.41) is 11.4. The summed E-state index contributed by atoms with van der Waals surface area (Å²) >= 11 is 0. The third kappa shape index (κ3) is 7.29. The number of hydrogen-bond acceptors (Lipinski definition) is 10. The van der Waals surface area contributed by atoms with Crippen LogP contribution >= 0.6 is 0 Å². The predicted molar refractivity (Wildman–Crippen MR) is 156 cm³/mol. The first kappa shape index (κ1) is 29.3. The fourth-order valence-corrected chi connectivity index (χ4v) is 3.83. The molecule has 0 bridgehead atoms. The molecule has 0 fully saturated rings. The SMILES string of the molecule is COC(=O)Nc1cc(-c2cc(NC(=O)OC)c(N)nc2NCc2ccc(F)cc2)c(NCc2ccc(F)cc2)nc1N. The number of ether oxygens (including phenoxy) is 2. The second-order valence-corrected chi connectivity index (χ2v) is 8.83. The van der Waals surface area contributed by atoms with E-state index in [1.165, 1.54) is 38.5 Å². The molecule has 0 aliphatic carbocycles. The van der Waals surface area contributed by atoms with E-state index in [1.54, 1.807) is 36.4 Å². The minimum absolute atomic E-state index is 0.0251. The van der Waals surface area contributed by atoms with Crippen molar-refractivity contribution in [3.63, 3.8) is 0 Å². The van der Waals surface area contributed by atoms with Gasteiger partial charge in [-0.3, -0.25) is 10.6 Å². The molecule has 218 valence electrons. The van der Waals surface area contributed by atoms with E-state index in [-0.39, 0.29) is 59.4 Å². The third-order valence-electron chi connectivity index (χ3n) is 5.98. The fraction of sp³-hybridized carbons (Fsp3) is 0.143. The molecule has 0 spiro atoms. The van der Waals surface area contributed by atoms with Gasteiger partial charge in [0.2, 0.25) is 0 Å². The van der Waals surface area contributed by atoms with Gasteiger partial charge in [0.1, 0.15) is 34.9 Å². The second-order valence-electron chi connectivity index (χ2n) is 8.83. The molecule has 2 amide bonds. The van der Waals surface area contributed by atoms with Crippen LogP contribution in [0, 0.1) is 11.6 Å². The Morgan fingerprint density at radius 1 is 0.690 bits per heavy atom. The molecular weight excluding hydrogens is 550 g/mol. The molecule has 42 heavy (non-hydrogen) atoms. The maximum Gasteiger partial charge on any atom is 0.411 e. The molecule has 0 unspecified atom stereocenters. The molecular formula is C28H28F2N8O4. The first-order valence-corrected chi connectivity index (χ1v) is 12.4. The Kier molecular flexibility index (Phi) is 9.17. The van der Waals surface area contributed by atoms with Gasteiger partial charge in [0.05, 0.1) is 25.6 Å². The fourth-order valence-electron chi connectivity index (χ4n) is 3.83. The number of nitrogens with two attached hydrogens (primary N) is 2. The Bertz CT molecular complexity index is 1470. The number of methoxy groups -OCH3 is 2. The van der Waals surface area contributed by atoms with Gasteiger partial charge in [-0.25, -0.2) is 28.3 Å². The van der Waals surface area contributed by atoms with E-state index in [1.807, 2.05) is 0 Å². The van der Waals surface area contributed by atoms with E-state index < -0.39 is 12.2 Å². The summed E-state index contributed by atoms with van der Waals surface area (Å²) < 4.78 is 36.3. The van der Waals surface area contributed by atoms with E-state index in [4.69, 9.17) is 20.9 Å². The van der Waals surface area contributed by atoms with Crippen molar-refractivity contribution in [1.82, 2.24) is 9.97 Å². The van der Waals surface area contributed by atoms with E-state index in [0.717, 1.165) is 11.1 Å². The number of nitrogens with zero attached hydrogens (tertiary/aromatic N) is 2. The lowest BCUT2D eigenvalue weighted by Gasteiger charge is -2.19. The van der Waals surface area contributed by atoms with E-state index in [0.29, 0.717) is 11.1 Å². The zero-order valence-electron chi connectivity index (χ0n) is 22.6. The summed E-state index contributed by atoms with van der Waals surface area (Å²) in [7, 11) is 2.40. The average molecular weight is 579 g/mol. The smallest absolute Gasteiger partial charge is 0.411 e. The van der Waals surface area contributed by atoms with Crippen LogP contribution in [0.5, 0.6) is 0 Å². The van der Waals surface area contributed by atoms with Crippen LogP contribution < -0.4 is 32.7 Å². The zero-order chi connectivity index (χ0) is 30.2. The number of carbonyl (C=O) groups excluding carboxylic acids is 2. The number of benzene rings is 2. The molecule has 8 N–H and O–H groups in total. The Morgan fingerprint density at radius 2 is 1.05 bits per heavy atom. The number of nitrogen functional groups attached to an aromatic ring is 2. The number of amides is 2. The summed E-state index contributed by atoms with van der Waals surface area (Å²) in [4.78, 5) is 32.9. The molecule has 0 radical (unpaired) electrons. The lowest BCUT2D eigenvalue weighted by molar-refractivity contribution is 0.186. The summed E-state index contributed by atoms with van der Waals surface area (Å²) in [6.07, 6.45) is -1.56. The number of carbonyl (C=O) groups is 2. The minimum atomic E-state index is -0.778. The summed E-state index contributed by atoms with van der Waals surface area (Å²) in [6.45, 7) is 0.467. The van der Waals surface area contributed by atoms with Crippen molar-refractivity contribution in [2.24, 2.45) is 0 Å². The topological polar surface area (TPSA) is 179 Å². The lowest BCUT2D eigenvalue weighted by atomic mass is 10.0. The molecule has 0 saturated heterocycles. The highest BCUT2D eigenvalue weighted by atomic mass is 19.1. The van der Waals surface area contributed by atoms with Crippen LogP contribution in [0.15, 0.2) is 60.7 Å². The maximum atomic E-state index is 13.4. The molecule has 0 aliphatic rings. The van der Waals surface area contributed by atoms with Gasteiger partial charge in [-0.15, -0.1) is 0 Å². The highest BCUT2D eigenvalue weighted by Crippen LogP contribution is 2.39. The average Bonchev–Trinajstić information content (AvgIpc) is 2.98. The number of rotatable bonds is 9. The van der Waals surface area contributed by atoms with Crippen LogP contribution in [-0.4, -0.2) is 36.4 Å². The quantitative estimate of drug-likeness (QED) is 0.155. The van der Waals surface area contributed by atoms with Gasteiger partial charge in [0.15, 0.2) is 0 Å². The molecule has 0 saturated carbocycles. The van der Waals surface area contributed by atoms with Gasteiger partial charge in [-0.1, -0.05) is 24.3 Å². The number of anilines is 6. The van der Waals surface area contributed by atoms with E-state index in [2.05, 4.69) is 31.2 Å². The molecule has 2 aromatic heterocycles. The second kappa shape index (κ2) is 13.1. The molecule has 2 aromatic carbocycles. The van der Waals surface area contributed by atoms with Gasteiger partial charge in [-0.2, -0.15) is 0 Å². The Labute approximate surface area is 239 Å². The molecule has 2 heterocycles. The highest BCUT2D eigenvalue weighted by molar-refractivity contribution is 5.96. The summed E-state index contributed by atoms with van der Waals surface area (Å²) in [5.74, 6) is -0.267. The largest absolute Gasteiger partial charge is 0.453 e. The molecule has 0 atom stereocenters. The number of hydrogen-bond donors (Lipinski definition) is 6. The standard InChI is InChI=1S/C28H28F2N8O4/c1-41-27(39)35-21-11-19(25(37-23(21)31)33-13-15-3-7-17(29)8-4-15)20-12-22(36-28(40)42-2)24(32)38-26(20)34-14-16-5-9-18(30)10-6-16/h3-12H,13-14H2,1-2H3,(H,35,39)(H,36,40)(H3,31,33,37)(H3,32,34,38). The van der Waals surface area contributed by atoms with Crippen molar-refractivity contribution >= 4 is 46.8 Å². The van der Waals surface area contributed by atoms with Gasteiger partial charge in [-0.05, 0) is 47.5 Å². The number of pyridine rings is 2. The van der Waals surface area contributed by atoms with Crippen molar-refractivity contribution < 1.29 is 27.8 Å². The van der Waals surface area contributed by atoms with Crippen molar-refractivity contribution in [3.8, 4) is 11.1 Å². The Hall–Kier alpha value is -5.66. The van der Waals surface area contributed by atoms with E-state index in [9.17, 15) is 18.4 Å². The van der Waals surface area contributed by atoms with Crippen LogP contribution in [0.25, 0.3) is 11.1 Å². The summed E-state index contributed by atoms with van der Waals surface area (Å²) in [6, 6.07) is 14.8. The van der Waals surface area contributed by atoms with Gasteiger partial charge >= 0.3 is 12.2 Å². The number of aromatic nitrogens is 2.